The standard InChI is InChI=1S/C11H22N2/c1-3-6-11(4-2)7-5-8-12-10-13-9-11/h5,8,12-13H,3-4,6-7,9-10H2,1-2H3/b8-5-. The van der Waals surface area contributed by atoms with Crippen LogP contribution in [0, 0.1) is 5.41 Å². The first-order valence-corrected chi connectivity index (χ1v) is 5.42. The molecule has 2 nitrogen and oxygen atoms in total. The van der Waals surface area contributed by atoms with E-state index >= 15 is 0 Å². The fourth-order valence-electron chi connectivity index (χ4n) is 2.09. The number of hydrogen-bond donors (Lipinski definition) is 2. The van der Waals surface area contributed by atoms with Crippen LogP contribution in [-0.4, -0.2) is 13.2 Å². The van der Waals surface area contributed by atoms with Crippen LogP contribution in [0.4, 0.5) is 0 Å². The molecule has 0 aromatic carbocycles. The van der Waals surface area contributed by atoms with E-state index in [1.54, 1.807) is 0 Å². The summed E-state index contributed by atoms with van der Waals surface area (Å²) in [5.74, 6) is 0. The number of hydrogen-bond acceptors (Lipinski definition) is 2. The van der Waals surface area contributed by atoms with Gasteiger partial charge in [0, 0.05) is 6.54 Å². The van der Waals surface area contributed by atoms with E-state index in [4.69, 9.17) is 0 Å². The van der Waals surface area contributed by atoms with Gasteiger partial charge in [-0.05, 0) is 30.9 Å². The molecule has 0 bridgehead atoms. The van der Waals surface area contributed by atoms with Crippen LogP contribution in [0.25, 0.3) is 0 Å². The molecule has 1 rings (SSSR count). The van der Waals surface area contributed by atoms with Crippen LogP contribution in [0.5, 0.6) is 0 Å². The molecule has 1 atom stereocenters. The van der Waals surface area contributed by atoms with Crippen molar-refractivity contribution in [2.24, 2.45) is 5.41 Å². The molecule has 0 aromatic rings. The SMILES string of the molecule is CCCC1(CC)C/C=C\NCNC1. The van der Waals surface area contributed by atoms with Crippen molar-refractivity contribution >= 4 is 0 Å². The highest BCUT2D eigenvalue weighted by Gasteiger charge is 2.25. The molecule has 0 aliphatic carbocycles. The lowest BCUT2D eigenvalue weighted by Gasteiger charge is -2.33. The van der Waals surface area contributed by atoms with Crippen molar-refractivity contribution in [3.8, 4) is 0 Å². The largest absolute Gasteiger partial charge is 0.379 e. The minimum Gasteiger partial charge on any atom is -0.379 e. The highest BCUT2D eigenvalue weighted by atomic mass is 15.1. The Bertz CT molecular complexity index is 165. The maximum Gasteiger partial charge on any atom is 0.0648 e. The van der Waals surface area contributed by atoms with Crippen LogP contribution in [0.2, 0.25) is 0 Å². The summed E-state index contributed by atoms with van der Waals surface area (Å²) in [6.45, 7) is 6.63. The zero-order valence-corrected chi connectivity index (χ0v) is 8.90. The first kappa shape index (κ1) is 10.6. The minimum absolute atomic E-state index is 0.507. The normalized spacial score (nSPS) is 31.5. The van der Waals surface area contributed by atoms with Crippen LogP contribution in [0.3, 0.4) is 0 Å². The van der Waals surface area contributed by atoms with E-state index < -0.39 is 0 Å². The third-order valence-corrected chi connectivity index (χ3v) is 3.04. The van der Waals surface area contributed by atoms with Crippen LogP contribution in [-0.2, 0) is 0 Å². The molecule has 2 N–H and O–H groups in total. The van der Waals surface area contributed by atoms with Gasteiger partial charge in [-0.25, -0.2) is 0 Å². The molecule has 0 aromatic heterocycles. The molecule has 0 amide bonds. The second kappa shape index (κ2) is 5.28. The van der Waals surface area contributed by atoms with Crippen LogP contribution in [0.15, 0.2) is 12.3 Å². The third-order valence-electron chi connectivity index (χ3n) is 3.04. The van der Waals surface area contributed by atoms with Crippen molar-refractivity contribution < 1.29 is 0 Å². The average molecular weight is 182 g/mol. The molecule has 0 saturated carbocycles. The molecule has 2 heteroatoms. The molecule has 0 fully saturated rings. The first-order chi connectivity index (χ1) is 6.33. The lowest BCUT2D eigenvalue weighted by molar-refractivity contribution is 0.234. The summed E-state index contributed by atoms with van der Waals surface area (Å²) >= 11 is 0. The molecule has 1 aliphatic heterocycles. The Kier molecular flexibility index (Phi) is 4.29. The molecule has 0 spiro atoms. The number of allylic oxidation sites excluding steroid dienone is 1. The van der Waals surface area contributed by atoms with Crippen LogP contribution in [0.1, 0.15) is 39.5 Å². The second-order valence-electron chi connectivity index (χ2n) is 4.02. The molecule has 0 saturated heterocycles. The summed E-state index contributed by atoms with van der Waals surface area (Å²) in [6.07, 6.45) is 9.46. The van der Waals surface area contributed by atoms with Crippen molar-refractivity contribution in [2.75, 3.05) is 13.2 Å². The van der Waals surface area contributed by atoms with E-state index in [2.05, 4.69) is 36.8 Å². The van der Waals surface area contributed by atoms with Crippen molar-refractivity contribution in [1.29, 1.82) is 0 Å². The second-order valence-corrected chi connectivity index (χ2v) is 4.02. The molecule has 1 aliphatic rings. The molecule has 1 unspecified atom stereocenters. The summed E-state index contributed by atoms with van der Waals surface area (Å²) in [7, 11) is 0. The molecular weight excluding hydrogens is 160 g/mol. The fourth-order valence-corrected chi connectivity index (χ4v) is 2.09. The van der Waals surface area contributed by atoms with Crippen molar-refractivity contribution in [3.05, 3.63) is 12.3 Å². The predicted octanol–water partition coefficient (Wildman–Crippen LogP) is 2.24. The van der Waals surface area contributed by atoms with E-state index in [1.165, 1.54) is 25.7 Å². The molecule has 1 heterocycles. The maximum absolute atomic E-state index is 3.45. The van der Waals surface area contributed by atoms with E-state index in [0.29, 0.717) is 5.41 Å². The van der Waals surface area contributed by atoms with E-state index in [1.807, 2.05) is 0 Å². The molecule has 13 heavy (non-hydrogen) atoms. The van der Waals surface area contributed by atoms with Gasteiger partial charge in [0.1, 0.15) is 0 Å². The van der Waals surface area contributed by atoms with Gasteiger partial charge < -0.3 is 5.32 Å². The van der Waals surface area contributed by atoms with Gasteiger partial charge in [-0.1, -0.05) is 26.3 Å². The van der Waals surface area contributed by atoms with Crippen molar-refractivity contribution in [1.82, 2.24) is 10.6 Å². The maximum atomic E-state index is 3.45. The zero-order valence-electron chi connectivity index (χ0n) is 8.90. The molecule has 76 valence electrons. The van der Waals surface area contributed by atoms with Crippen LogP contribution >= 0.6 is 0 Å². The molecular formula is C11H22N2. The van der Waals surface area contributed by atoms with Gasteiger partial charge in [0.25, 0.3) is 0 Å². The van der Waals surface area contributed by atoms with Gasteiger partial charge in [-0.15, -0.1) is 0 Å². The lowest BCUT2D eigenvalue weighted by atomic mass is 9.77. The Balaban J connectivity index is 2.58. The smallest absolute Gasteiger partial charge is 0.0648 e. The van der Waals surface area contributed by atoms with Gasteiger partial charge >= 0.3 is 0 Å². The van der Waals surface area contributed by atoms with E-state index in [-0.39, 0.29) is 0 Å². The fraction of sp³-hybridized carbons (Fsp3) is 0.818. The lowest BCUT2D eigenvalue weighted by Crippen LogP contribution is -2.38. The zero-order chi connectivity index (χ0) is 9.57. The quantitative estimate of drug-likeness (QED) is 0.699. The summed E-state index contributed by atoms with van der Waals surface area (Å²) in [4.78, 5) is 0. The summed E-state index contributed by atoms with van der Waals surface area (Å²) in [6, 6.07) is 0. The Morgan fingerprint density at radius 2 is 2.23 bits per heavy atom. The number of rotatable bonds is 3. The van der Waals surface area contributed by atoms with Gasteiger partial charge in [0.2, 0.25) is 0 Å². The Labute approximate surface area is 81.8 Å². The molecule has 0 radical (unpaired) electrons. The summed E-state index contributed by atoms with van der Waals surface area (Å²) < 4.78 is 0. The van der Waals surface area contributed by atoms with Gasteiger partial charge in [0.15, 0.2) is 0 Å². The van der Waals surface area contributed by atoms with Crippen LogP contribution < -0.4 is 10.6 Å². The highest BCUT2D eigenvalue weighted by Crippen LogP contribution is 2.32. The van der Waals surface area contributed by atoms with E-state index in [9.17, 15) is 0 Å². The Hall–Kier alpha value is -0.500. The van der Waals surface area contributed by atoms with E-state index in [0.717, 1.165) is 13.2 Å². The topological polar surface area (TPSA) is 24.1 Å². The Morgan fingerprint density at radius 3 is 2.92 bits per heavy atom. The van der Waals surface area contributed by atoms with Gasteiger partial charge in [-0.3, -0.25) is 5.32 Å². The highest BCUT2D eigenvalue weighted by molar-refractivity contribution is 4.92. The third kappa shape index (κ3) is 3.03. The summed E-state index contributed by atoms with van der Waals surface area (Å²) in [5.41, 5.74) is 0.507. The summed E-state index contributed by atoms with van der Waals surface area (Å²) in [5, 5.41) is 6.65. The minimum atomic E-state index is 0.507. The van der Waals surface area contributed by atoms with Crippen molar-refractivity contribution in [3.63, 3.8) is 0 Å². The predicted molar refractivity (Wildman–Crippen MR) is 57.4 cm³/mol. The van der Waals surface area contributed by atoms with Crippen molar-refractivity contribution in [2.45, 2.75) is 39.5 Å². The Morgan fingerprint density at radius 1 is 1.38 bits per heavy atom. The monoisotopic (exact) mass is 182 g/mol. The van der Waals surface area contributed by atoms with Gasteiger partial charge in [0.05, 0.1) is 6.67 Å². The van der Waals surface area contributed by atoms with Gasteiger partial charge in [-0.2, -0.15) is 0 Å². The number of nitrogens with one attached hydrogen (secondary N) is 2. The first-order valence-electron chi connectivity index (χ1n) is 5.42. The average Bonchev–Trinajstić information content (AvgIpc) is 2.10.